The van der Waals surface area contributed by atoms with Gasteiger partial charge >= 0.3 is 0 Å². The van der Waals surface area contributed by atoms with E-state index in [1.54, 1.807) is 25.5 Å². The molecule has 0 aliphatic heterocycles. The van der Waals surface area contributed by atoms with Crippen LogP contribution in [0.4, 0.5) is 5.69 Å². The molecule has 3 aromatic rings. The van der Waals surface area contributed by atoms with Crippen molar-refractivity contribution in [3.63, 3.8) is 0 Å². The number of benzene rings is 2. The van der Waals surface area contributed by atoms with Crippen LogP contribution in [0.2, 0.25) is 0 Å². The fourth-order valence-corrected chi connectivity index (χ4v) is 2.37. The number of carbonyl (C=O) groups is 1. The van der Waals surface area contributed by atoms with Gasteiger partial charge in [-0.05, 0) is 36.1 Å². The standard InChI is InChI=1S/C19H18N4O/c1-14(19(24)23-21-13-15-9-11-20-12-10-15)22-18-8-4-6-16-5-2-3-7-17(16)18/h2-14,22H,1H3,(H,23,24)/b21-13-/t14-/m0/s1. The van der Waals surface area contributed by atoms with E-state index in [0.717, 1.165) is 22.0 Å². The van der Waals surface area contributed by atoms with Crippen LogP contribution in [-0.2, 0) is 4.79 Å². The van der Waals surface area contributed by atoms with Gasteiger partial charge in [0, 0.05) is 23.5 Å². The minimum Gasteiger partial charge on any atom is -0.373 e. The van der Waals surface area contributed by atoms with E-state index in [0.29, 0.717) is 0 Å². The van der Waals surface area contributed by atoms with Crippen molar-refractivity contribution >= 4 is 28.6 Å². The molecule has 0 fully saturated rings. The Hall–Kier alpha value is -3.21. The third-order valence-corrected chi connectivity index (χ3v) is 3.65. The lowest BCUT2D eigenvalue weighted by molar-refractivity contribution is -0.121. The number of hydrogen-bond donors (Lipinski definition) is 2. The zero-order valence-electron chi connectivity index (χ0n) is 13.3. The number of aromatic nitrogens is 1. The van der Waals surface area contributed by atoms with Gasteiger partial charge in [-0.1, -0.05) is 36.4 Å². The summed E-state index contributed by atoms with van der Waals surface area (Å²) in [5, 5.41) is 9.43. The van der Waals surface area contributed by atoms with Crippen LogP contribution in [0.1, 0.15) is 12.5 Å². The summed E-state index contributed by atoms with van der Waals surface area (Å²) in [5.41, 5.74) is 4.35. The molecule has 0 radical (unpaired) electrons. The van der Waals surface area contributed by atoms with Crippen molar-refractivity contribution in [2.75, 3.05) is 5.32 Å². The minimum atomic E-state index is -0.412. The smallest absolute Gasteiger partial charge is 0.262 e. The molecule has 2 N–H and O–H groups in total. The molecule has 2 aromatic carbocycles. The van der Waals surface area contributed by atoms with Gasteiger partial charge in [0.25, 0.3) is 5.91 Å². The molecular formula is C19H18N4O. The minimum absolute atomic E-state index is 0.201. The zero-order valence-corrected chi connectivity index (χ0v) is 13.3. The number of hydrogen-bond acceptors (Lipinski definition) is 4. The lowest BCUT2D eigenvalue weighted by atomic mass is 10.1. The van der Waals surface area contributed by atoms with Gasteiger partial charge in [0.2, 0.25) is 0 Å². The SMILES string of the molecule is C[C@H](Nc1cccc2ccccc12)C(=O)N/N=C\c1ccncc1. The maximum Gasteiger partial charge on any atom is 0.262 e. The van der Waals surface area contributed by atoms with Crippen LogP contribution in [0.25, 0.3) is 10.8 Å². The number of anilines is 1. The Balaban J connectivity index is 1.64. The van der Waals surface area contributed by atoms with Crippen LogP contribution in [0, 0.1) is 0 Å². The Morgan fingerprint density at radius 2 is 1.83 bits per heavy atom. The highest BCUT2D eigenvalue weighted by molar-refractivity contribution is 5.96. The summed E-state index contributed by atoms with van der Waals surface area (Å²) in [4.78, 5) is 16.1. The van der Waals surface area contributed by atoms with Crippen molar-refractivity contribution in [3.8, 4) is 0 Å². The molecule has 0 saturated heterocycles. The molecule has 5 nitrogen and oxygen atoms in total. The van der Waals surface area contributed by atoms with Crippen LogP contribution in [-0.4, -0.2) is 23.1 Å². The zero-order chi connectivity index (χ0) is 16.8. The Morgan fingerprint density at radius 3 is 2.67 bits per heavy atom. The molecular weight excluding hydrogens is 300 g/mol. The first kappa shape index (κ1) is 15.7. The highest BCUT2D eigenvalue weighted by Gasteiger charge is 2.12. The van der Waals surface area contributed by atoms with E-state index in [4.69, 9.17) is 0 Å². The summed E-state index contributed by atoms with van der Waals surface area (Å²) in [6.45, 7) is 1.80. The maximum absolute atomic E-state index is 12.2. The van der Waals surface area contributed by atoms with Gasteiger partial charge in [-0.3, -0.25) is 9.78 Å². The van der Waals surface area contributed by atoms with E-state index in [-0.39, 0.29) is 5.91 Å². The first-order chi connectivity index (χ1) is 11.7. The quantitative estimate of drug-likeness (QED) is 0.561. The predicted octanol–water partition coefficient (Wildman–Crippen LogP) is 3.19. The van der Waals surface area contributed by atoms with Gasteiger partial charge < -0.3 is 5.32 Å². The first-order valence-electron chi connectivity index (χ1n) is 7.71. The summed E-state index contributed by atoms with van der Waals surface area (Å²) >= 11 is 0. The molecule has 0 spiro atoms. The third-order valence-electron chi connectivity index (χ3n) is 3.65. The molecule has 5 heteroatoms. The number of amides is 1. The molecule has 120 valence electrons. The van der Waals surface area contributed by atoms with Crippen LogP contribution in [0.15, 0.2) is 72.1 Å². The van der Waals surface area contributed by atoms with Crippen molar-refractivity contribution in [1.82, 2.24) is 10.4 Å². The molecule has 0 saturated carbocycles. The summed E-state index contributed by atoms with van der Waals surface area (Å²) < 4.78 is 0. The van der Waals surface area contributed by atoms with Crippen molar-refractivity contribution in [3.05, 3.63) is 72.6 Å². The van der Waals surface area contributed by atoms with Crippen molar-refractivity contribution in [2.45, 2.75) is 13.0 Å². The first-order valence-corrected chi connectivity index (χ1v) is 7.71. The number of pyridine rings is 1. The van der Waals surface area contributed by atoms with Crippen molar-refractivity contribution in [2.24, 2.45) is 5.10 Å². The molecule has 1 heterocycles. The molecule has 3 rings (SSSR count). The molecule has 0 bridgehead atoms. The Labute approximate surface area is 140 Å². The summed E-state index contributed by atoms with van der Waals surface area (Å²) in [5.74, 6) is -0.201. The summed E-state index contributed by atoms with van der Waals surface area (Å²) in [6.07, 6.45) is 4.94. The number of nitrogens with one attached hydrogen (secondary N) is 2. The van der Waals surface area contributed by atoms with Crippen LogP contribution < -0.4 is 10.7 Å². The average Bonchev–Trinajstić information content (AvgIpc) is 2.63. The molecule has 0 aliphatic carbocycles. The van der Waals surface area contributed by atoms with Gasteiger partial charge in [-0.25, -0.2) is 5.43 Å². The Bertz CT molecular complexity index is 856. The van der Waals surface area contributed by atoms with Gasteiger partial charge in [0.1, 0.15) is 6.04 Å². The fraction of sp³-hybridized carbons (Fsp3) is 0.105. The number of rotatable bonds is 5. The predicted molar refractivity (Wildman–Crippen MR) is 97.0 cm³/mol. The largest absolute Gasteiger partial charge is 0.373 e. The Kier molecular flexibility index (Phi) is 4.81. The number of hydrazone groups is 1. The van der Waals surface area contributed by atoms with E-state index in [1.807, 2.05) is 54.6 Å². The monoisotopic (exact) mass is 318 g/mol. The molecule has 1 atom stereocenters. The highest BCUT2D eigenvalue weighted by Crippen LogP contribution is 2.23. The van der Waals surface area contributed by atoms with E-state index < -0.39 is 6.04 Å². The molecule has 1 aromatic heterocycles. The van der Waals surface area contributed by atoms with Crippen molar-refractivity contribution < 1.29 is 4.79 Å². The normalized spacial score (nSPS) is 12.2. The number of nitrogens with zero attached hydrogens (tertiary/aromatic N) is 2. The summed E-state index contributed by atoms with van der Waals surface area (Å²) in [6, 6.07) is 17.3. The number of carbonyl (C=O) groups excluding carboxylic acids is 1. The van der Waals surface area contributed by atoms with Crippen LogP contribution >= 0.6 is 0 Å². The van der Waals surface area contributed by atoms with Gasteiger partial charge in [0.15, 0.2) is 0 Å². The van der Waals surface area contributed by atoms with E-state index in [9.17, 15) is 4.79 Å². The molecule has 0 aliphatic rings. The lowest BCUT2D eigenvalue weighted by Gasteiger charge is -2.15. The van der Waals surface area contributed by atoms with E-state index in [1.165, 1.54) is 0 Å². The second kappa shape index (κ2) is 7.37. The second-order valence-corrected chi connectivity index (χ2v) is 5.41. The van der Waals surface area contributed by atoms with Crippen molar-refractivity contribution in [1.29, 1.82) is 0 Å². The second-order valence-electron chi connectivity index (χ2n) is 5.41. The average molecular weight is 318 g/mol. The highest BCUT2D eigenvalue weighted by atomic mass is 16.2. The van der Waals surface area contributed by atoms with Crippen LogP contribution in [0.5, 0.6) is 0 Å². The topological polar surface area (TPSA) is 66.4 Å². The van der Waals surface area contributed by atoms with Gasteiger partial charge in [-0.2, -0.15) is 5.10 Å². The van der Waals surface area contributed by atoms with Gasteiger partial charge in [-0.15, -0.1) is 0 Å². The van der Waals surface area contributed by atoms with Crippen LogP contribution in [0.3, 0.4) is 0 Å². The molecule has 24 heavy (non-hydrogen) atoms. The molecule has 1 amide bonds. The molecule has 0 unspecified atom stereocenters. The third kappa shape index (κ3) is 3.76. The lowest BCUT2D eigenvalue weighted by Crippen LogP contribution is -2.34. The Morgan fingerprint density at radius 1 is 1.08 bits per heavy atom. The van der Waals surface area contributed by atoms with E-state index in [2.05, 4.69) is 20.8 Å². The number of fused-ring (bicyclic) bond motifs is 1. The fourth-order valence-electron chi connectivity index (χ4n) is 2.37. The maximum atomic E-state index is 12.2. The summed E-state index contributed by atoms with van der Waals surface area (Å²) in [7, 11) is 0. The van der Waals surface area contributed by atoms with E-state index >= 15 is 0 Å². The van der Waals surface area contributed by atoms with Gasteiger partial charge in [0.05, 0.1) is 6.21 Å².